The Morgan fingerprint density at radius 3 is 2.67 bits per heavy atom. The van der Waals surface area contributed by atoms with Crippen molar-refractivity contribution in [3.05, 3.63) is 12.4 Å². The van der Waals surface area contributed by atoms with Gasteiger partial charge in [0.25, 0.3) is 0 Å². The van der Waals surface area contributed by atoms with E-state index in [9.17, 15) is 0 Å². The molecule has 0 aliphatic heterocycles. The molecule has 1 aromatic heterocycles. The van der Waals surface area contributed by atoms with Crippen molar-refractivity contribution >= 4 is 0 Å². The highest BCUT2D eigenvalue weighted by atomic mass is 16.5. The summed E-state index contributed by atoms with van der Waals surface area (Å²) >= 11 is 0. The van der Waals surface area contributed by atoms with Gasteiger partial charge in [0.2, 0.25) is 0 Å². The Labute approximate surface area is 73.6 Å². The van der Waals surface area contributed by atoms with E-state index in [1.807, 2.05) is 6.92 Å². The summed E-state index contributed by atoms with van der Waals surface area (Å²) < 4.78 is 9.72. The van der Waals surface area contributed by atoms with Gasteiger partial charge in [0.05, 0.1) is 19.7 Å². The smallest absolute Gasteiger partial charge is 0.431 e. The molecule has 0 fully saturated rings. The number of hydrogen-bond acceptors (Lipinski definition) is 1. The first-order valence-electron chi connectivity index (χ1n) is 4.54. The van der Waals surface area contributed by atoms with Crippen LogP contribution in [0.3, 0.4) is 0 Å². The Bertz CT molecular complexity index is 221. The summed E-state index contributed by atoms with van der Waals surface area (Å²) in [6, 6.07) is 0.961. The molecule has 0 atom stereocenters. The molecule has 0 saturated carbocycles. The zero-order chi connectivity index (χ0) is 8.97. The van der Waals surface area contributed by atoms with Crippen LogP contribution >= 0.6 is 0 Å². The fourth-order valence-electron chi connectivity index (χ4n) is 1.23. The van der Waals surface area contributed by atoms with Crippen molar-refractivity contribution in [1.29, 1.82) is 0 Å². The fourth-order valence-corrected chi connectivity index (χ4v) is 1.23. The Morgan fingerprint density at radius 2 is 2.17 bits per heavy atom. The topological polar surface area (TPSA) is 18.0 Å². The van der Waals surface area contributed by atoms with E-state index in [1.54, 1.807) is 0 Å². The molecule has 1 aromatic rings. The van der Waals surface area contributed by atoms with Crippen molar-refractivity contribution in [3.63, 3.8) is 0 Å². The number of imidazole rings is 1. The van der Waals surface area contributed by atoms with Gasteiger partial charge in [-0.3, -0.25) is 0 Å². The summed E-state index contributed by atoms with van der Waals surface area (Å²) in [6.45, 7) is 8.88. The molecule has 0 unspecified atom stereocenters. The number of aromatic nitrogens is 2. The molecule has 3 heteroatoms. The van der Waals surface area contributed by atoms with Gasteiger partial charge in [0.15, 0.2) is 0 Å². The molecule has 0 amide bonds. The van der Waals surface area contributed by atoms with Crippen molar-refractivity contribution in [2.24, 2.45) is 0 Å². The van der Waals surface area contributed by atoms with Gasteiger partial charge in [0, 0.05) is 0 Å². The maximum Gasteiger partial charge on any atom is 0.456 e. The molecule has 12 heavy (non-hydrogen) atoms. The molecule has 1 heterocycles. The van der Waals surface area contributed by atoms with Crippen molar-refractivity contribution < 1.29 is 9.30 Å². The zero-order valence-corrected chi connectivity index (χ0v) is 8.08. The summed E-state index contributed by atoms with van der Waals surface area (Å²) in [5.41, 5.74) is 0. The van der Waals surface area contributed by atoms with Crippen LogP contribution in [0.4, 0.5) is 0 Å². The third-order valence-corrected chi connectivity index (χ3v) is 1.87. The van der Waals surface area contributed by atoms with Gasteiger partial charge in [0.1, 0.15) is 12.4 Å². The first kappa shape index (κ1) is 9.10. The minimum Gasteiger partial charge on any atom is -0.431 e. The predicted molar refractivity (Wildman–Crippen MR) is 47.1 cm³/mol. The minimum absolute atomic E-state index is 0.726. The van der Waals surface area contributed by atoms with Gasteiger partial charge < -0.3 is 4.74 Å². The molecule has 0 aliphatic carbocycles. The van der Waals surface area contributed by atoms with Gasteiger partial charge in [-0.25, -0.2) is 0 Å². The predicted octanol–water partition coefficient (Wildman–Crippen LogP) is 1.21. The molecule has 0 aromatic carbocycles. The van der Waals surface area contributed by atoms with Crippen molar-refractivity contribution in [2.75, 3.05) is 6.61 Å². The highest BCUT2D eigenvalue weighted by Gasteiger charge is 2.14. The van der Waals surface area contributed by atoms with Gasteiger partial charge >= 0.3 is 6.01 Å². The second-order valence-corrected chi connectivity index (χ2v) is 2.59. The Hall–Kier alpha value is -0.990. The fraction of sp³-hybridized carbons (Fsp3) is 0.667. The first-order valence-corrected chi connectivity index (χ1v) is 4.54. The van der Waals surface area contributed by atoms with Crippen LogP contribution in [0.25, 0.3) is 0 Å². The molecule has 0 aliphatic rings. The van der Waals surface area contributed by atoms with E-state index in [-0.39, 0.29) is 0 Å². The molecule has 0 N–H and O–H groups in total. The van der Waals surface area contributed by atoms with Gasteiger partial charge in [-0.15, -0.1) is 0 Å². The second-order valence-electron chi connectivity index (χ2n) is 2.59. The molecule has 0 bridgehead atoms. The molecule has 1 rings (SSSR count). The van der Waals surface area contributed by atoms with Crippen LogP contribution in [0, 0.1) is 0 Å². The molecular weight excluding hydrogens is 152 g/mol. The lowest BCUT2D eigenvalue weighted by atomic mass is 10.7. The Kier molecular flexibility index (Phi) is 3.14. The Balaban J connectivity index is 2.90. The average Bonchev–Trinajstić information content (AvgIpc) is 2.48. The van der Waals surface area contributed by atoms with Crippen LogP contribution in [0.1, 0.15) is 20.8 Å². The Morgan fingerprint density at radius 1 is 1.42 bits per heavy atom. The van der Waals surface area contributed by atoms with Crippen molar-refractivity contribution in [2.45, 2.75) is 33.9 Å². The van der Waals surface area contributed by atoms with Gasteiger partial charge in [-0.05, 0) is 20.8 Å². The standard InChI is InChI=1S/C9H17N2O/c1-4-10-7-8-11(5-2)9(10)12-6-3/h7-8H,4-6H2,1-3H3/q+1. The quantitative estimate of drug-likeness (QED) is 0.620. The number of aryl methyl sites for hydroxylation is 2. The van der Waals surface area contributed by atoms with E-state index in [0.717, 1.165) is 25.7 Å². The lowest BCUT2D eigenvalue weighted by molar-refractivity contribution is -0.698. The van der Waals surface area contributed by atoms with E-state index < -0.39 is 0 Å². The summed E-state index contributed by atoms with van der Waals surface area (Å²) in [6.07, 6.45) is 4.10. The summed E-state index contributed by atoms with van der Waals surface area (Å²) in [4.78, 5) is 0. The maximum atomic E-state index is 5.52. The molecule has 0 radical (unpaired) electrons. The van der Waals surface area contributed by atoms with E-state index in [2.05, 4.69) is 35.4 Å². The minimum atomic E-state index is 0.726. The SMILES string of the molecule is CCOc1n(CC)cc[n+]1CC. The van der Waals surface area contributed by atoms with E-state index in [4.69, 9.17) is 4.74 Å². The second kappa shape index (κ2) is 4.14. The lowest BCUT2D eigenvalue weighted by Gasteiger charge is -2.00. The molecular formula is C9H17N2O+. The highest BCUT2D eigenvalue weighted by molar-refractivity contribution is 4.88. The van der Waals surface area contributed by atoms with Crippen LogP contribution in [0.5, 0.6) is 6.01 Å². The zero-order valence-electron chi connectivity index (χ0n) is 8.08. The van der Waals surface area contributed by atoms with E-state index in [1.165, 1.54) is 0 Å². The number of rotatable bonds is 4. The normalized spacial score (nSPS) is 10.2. The maximum absolute atomic E-state index is 5.52. The van der Waals surface area contributed by atoms with E-state index >= 15 is 0 Å². The summed E-state index contributed by atoms with van der Waals surface area (Å²) in [5, 5.41) is 0. The van der Waals surface area contributed by atoms with Crippen LogP contribution < -0.4 is 9.30 Å². The lowest BCUT2D eigenvalue weighted by Crippen LogP contribution is -2.32. The molecule has 68 valence electrons. The van der Waals surface area contributed by atoms with Gasteiger partial charge in [-0.2, -0.15) is 9.13 Å². The summed E-state index contributed by atoms with van der Waals surface area (Å²) in [7, 11) is 0. The van der Waals surface area contributed by atoms with E-state index in [0.29, 0.717) is 0 Å². The average molecular weight is 169 g/mol. The largest absolute Gasteiger partial charge is 0.456 e. The number of nitrogens with zero attached hydrogens (tertiary/aromatic N) is 2. The highest BCUT2D eigenvalue weighted by Crippen LogP contribution is 2.04. The third-order valence-electron chi connectivity index (χ3n) is 1.87. The molecule has 3 nitrogen and oxygen atoms in total. The first-order chi connectivity index (χ1) is 5.83. The molecule has 0 saturated heterocycles. The van der Waals surface area contributed by atoms with Crippen LogP contribution in [-0.2, 0) is 13.1 Å². The third kappa shape index (κ3) is 1.60. The molecule has 0 spiro atoms. The number of ether oxygens (including phenoxy) is 1. The monoisotopic (exact) mass is 169 g/mol. The van der Waals surface area contributed by atoms with Crippen molar-refractivity contribution in [1.82, 2.24) is 4.57 Å². The van der Waals surface area contributed by atoms with Crippen LogP contribution in [0.15, 0.2) is 12.4 Å². The van der Waals surface area contributed by atoms with Gasteiger partial charge in [-0.1, -0.05) is 0 Å². The van der Waals surface area contributed by atoms with Crippen LogP contribution in [-0.4, -0.2) is 11.2 Å². The number of hydrogen-bond donors (Lipinski definition) is 0. The summed E-state index contributed by atoms with van der Waals surface area (Å²) in [5.74, 6) is 0. The van der Waals surface area contributed by atoms with Crippen LogP contribution in [0.2, 0.25) is 0 Å². The van der Waals surface area contributed by atoms with Crippen molar-refractivity contribution in [3.8, 4) is 6.01 Å².